The minimum absolute atomic E-state index is 0.283. The number of nitrogens with zero attached hydrogens (tertiary/aromatic N) is 2. The molecular weight excluding hydrogens is 342 g/mol. The van der Waals surface area contributed by atoms with Crippen molar-refractivity contribution < 1.29 is 14.3 Å². The van der Waals surface area contributed by atoms with E-state index in [1.807, 2.05) is 23.1 Å². The third-order valence-corrected chi connectivity index (χ3v) is 5.74. The molecule has 148 valence electrons. The molecule has 1 atom stereocenters. The van der Waals surface area contributed by atoms with Gasteiger partial charge in [0, 0.05) is 30.9 Å². The summed E-state index contributed by atoms with van der Waals surface area (Å²) < 4.78 is 11.3. The summed E-state index contributed by atoms with van der Waals surface area (Å²) in [5, 5.41) is 3.59. The van der Waals surface area contributed by atoms with Crippen LogP contribution in [-0.4, -0.2) is 67.7 Å². The zero-order valence-corrected chi connectivity index (χ0v) is 16.1. The Labute approximate surface area is 161 Å². The molecule has 1 aromatic rings. The first kappa shape index (κ1) is 18.4. The number of rotatable bonds is 4. The second-order valence-electron chi connectivity index (χ2n) is 7.87. The van der Waals surface area contributed by atoms with Crippen molar-refractivity contribution in [3.05, 3.63) is 18.2 Å². The molecule has 3 aliphatic rings. The Kier molecular flexibility index (Phi) is 6.02. The number of piperidine rings is 1. The van der Waals surface area contributed by atoms with Crippen molar-refractivity contribution in [1.29, 1.82) is 0 Å². The van der Waals surface area contributed by atoms with Gasteiger partial charge in [-0.2, -0.15) is 0 Å². The first-order valence-electron chi connectivity index (χ1n) is 10.4. The molecular formula is C21H31N3O3. The molecule has 0 aliphatic carbocycles. The van der Waals surface area contributed by atoms with Gasteiger partial charge in [-0.05, 0) is 50.9 Å². The number of ether oxygens (including phenoxy) is 2. The summed E-state index contributed by atoms with van der Waals surface area (Å²) >= 11 is 0. The van der Waals surface area contributed by atoms with Crippen LogP contribution in [0.5, 0.6) is 11.5 Å². The Morgan fingerprint density at radius 2 is 1.78 bits per heavy atom. The molecule has 3 heterocycles. The van der Waals surface area contributed by atoms with E-state index in [1.54, 1.807) is 0 Å². The highest BCUT2D eigenvalue weighted by molar-refractivity contribution is 5.78. The summed E-state index contributed by atoms with van der Waals surface area (Å²) in [6, 6.07) is 6.29. The van der Waals surface area contributed by atoms with Crippen molar-refractivity contribution in [2.24, 2.45) is 0 Å². The largest absolute Gasteiger partial charge is 0.486 e. The number of fused-ring (bicyclic) bond motifs is 1. The van der Waals surface area contributed by atoms with Gasteiger partial charge in [0.2, 0.25) is 5.91 Å². The van der Waals surface area contributed by atoms with E-state index in [2.05, 4.69) is 10.2 Å². The number of carbonyl (C=O) groups excluding carboxylic acids is 1. The maximum absolute atomic E-state index is 12.8. The lowest BCUT2D eigenvalue weighted by Gasteiger charge is -2.35. The minimum atomic E-state index is 0.283. The maximum atomic E-state index is 12.8. The molecule has 27 heavy (non-hydrogen) atoms. The SMILES string of the molecule is O=C(CN1CCCCCC1)N1CCCC(Nc2ccc3c(c2)OCCO3)C1. The summed E-state index contributed by atoms with van der Waals surface area (Å²) in [6.07, 6.45) is 7.19. The minimum Gasteiger partial charge on any atom is -0.486 e. The summed E-state index contributed by atoms with van der Waals surface area (Å²) in [5.41, 5.74) is 1.03. The van der Waals surface area contributed by atoms with Gasteiger partial charge in [0.1, 0.15) is 13.2 Å². The smallest absolute Gasteiger partial charge is 0.236 e. The zero-order chi connectivity index (χ0) is 18.5. The van der Waals surface area contributed by atoms with Gasteiger partial charge in [-0.15, -0.1) is 0 Å². The van der Waals surface area contributed by atoms with Gasteiger partial charge in [0.05, 0.1) is 6.54 Å². The van der Waals surface area contributed by atoms with Gasteiger partial charge in [-0.25, -0.2) is 0 Å². The van der Waals surface area contributed by atoms with Crippen molar-refractivity contribution in [1.82, 2.24) is 9.80 Å². The fourth-order valence-electron chi connectivity index (χ4n) is 4.28. The van der Waals surface area contributed by atoms with Gasteiger partial charge in [-0.1, -0.05) is 12.8 Å². The van der Waals surface area contributed by atoms with E-state index in [0.29, 0.717) is 19.8 Å². The molecule has 0 aromatic heterocycles. The molecule has 6 nitrogen and oxygen atoms in total. The fourth-order valence-corrected chi connectivity index (χ4v) is 4.28. The number of likely N-dealkylation sites (tertiary alicyclic amines) is 2. The molecule has 0 saturated carbocycles. The maximum Gasteiger partial charge on any atom is 0.236 e. The van der Waals surface area contributed by atoms with Crippen LogP contribution in [0, 0.1) is 0 Å². The van der Waals surface area contributed by atoms with Crippen LogP contribution in [0.15, 0.2) is 18.2 Å². The van der Waals surface area contributed by atoms with E-state index in [9.17, 15) is 4.79 Å². The number of carbonyl (C=O) groups is 1. The highest BCUT2D eigenvalue weighted by Crippen LogP contribution is 2.33. The van der Waals surface area contributed by atoms with Crippen LogP contribution in [0.4, 0.5) is 5.69 Å². The van der Waals surface area contributed by atoms with Crippen LogP contribution in [0.25, 0.3) is 0 Å². The van der Waals surface area contributed by atoms with E-state index >= 15 is 0 Å². The second-order valence-corrected chi connectivity index (χ2v) is 7.87. The van der Waals surface area contributed by atoms with E-state index < -0.39 is 0 Å². The number of hydrogen-bond acceptors (Lipinski definition) is 5. The van der Waals surface area contributed by atoms with Gasteiger partial charge < -0.3 is 19.7 Å². The van der Waals surface area contributed by atoms with Gasteiger partial charge in [0.25, 0.3) is 0 Å². The molecule has 2 saturated heterocycles. The quantitative estimate of drug-likeness (QED) is 0.880. The third kappa shape index (κ3) is 4.86. The number of amides is 1. The number of hydrogen-bond donors (Lipinski definition) is 1. The van der Waals surface area contributed by atoms with Crippen molar-refractivity contribution in [3.63, 3.8) is 0 Å². The number of anilines is 1. The van der Waals surface area contributed by atoms with Gasteiger partial charge in [0.15, 0.2) is 11.5 Å². The standard InChI is InChI=1S/C21H31N3O3/c25-21(16-23-9-3-1-2-4-10-23)24-11-5-6-18(15-24)22-17-7-8-19-20(14-17)27-13-12-26-19/h7-8,14,18,22H,1-6,9-13,15-16H2. The third-order valence-electron chi connectivity index (χ3n) is 5.74. The lowest BCUT2D eigenvalue weighted by atomic mass is 10.0. The van der Waals surface area contributed by atoms with E-state index in [1.165, 1.54) is 25.7 Å². The van der Waals surface area contributed by atoms with Crippen LogP contribution >= 0.6 is 0 Å². The van der Waals surface area contributed by atoms with Crippen molar-refractivity contribution in [2.45, 2.75) is 44.6 Å². The van der Waals surface area contributed by atoms with Crippen LogP contribution in [0.3, 0.4) is 0 Å². The first-order chi connectivity index (χ1) is 13.3. The molecule has 1 N–H and O–H groups in total. The molecule has 0 spiro atoms. The normalized spacial score (nSPS) is 23.6. The molecule has 6 heteroatoms. The number of nitrogens with one attached hydrogen (secondary N) is 1. The number of benzene rings is 1. The Balaban J connectivity index is 1.31. The molecule has 1 aromatic carbocycles. The molecule has 0 bridgehead atoms. The van der Waals surface area contributed by atoms with E-state index in [4.69, 9.17) is 9.47 Å². The highest BCUT2D eigenvalue weighted by atomic mass is 16.6. The monoisotopic (exact) mass is 373 g/mol. The van der Waals surface area contributed by atoms with Crippen LogP contribution in [0.2, 0.25) is 0 Å². The van der Waals surface area contributed by atoms with Crippen LogP contribution < -0.4 is 14.8 Å². The second kappa shape index (κ2) is 8.83. The fraction of sp³-hybridized carbons (Fsp3) is 0.667. The van der Waals surface area contributed by atoms with Gasteiger partial charge in [-0.3, -0.25) is 9.69 Å². The van der Waals surface area contributed by atoms with E-state index in [-0.39, 0.29) is 11.9 Å². The Bertz CT molecular complexity index is 644. The highest BCUT2D eigenvalue weighted by Gasteiger charge is 2.25. The summed E-state index contributed by atoms with van der Waals surface area (Å²) in [7, 11) is 0. The van der Waals surface area contributed by atoms with Crippen LogP contribution in [0.1, 0.15) is 38.5 Å². The van der Waals surface area contributed by atoms with Crippen LogP contribution in [-0.2, 0) is 4.79 Å². The van der Waals surface area contributed by atoms with Crippen molar-refractivity contribution in [3.8, 4) is 11.5 Å². The molecule has 1 amide bonds. The van der Waals surface area contributed by atoms with Gasteiger partial charge >= 0.3 is 0 Å². The molecule has 0 radical (unpaired) electrons. The Hall–Kier alpha value is -1.95. The summed E-state index contributed by atoms with van der Waals surface area (Å²) in [6.45, 7) is 5.58. The zero-order valence-electron chi connectivity index (χ0n) is 16.1. The first-order valence-corrected chi connectivity index (χ1v) is 10.4. The summed E-state index contributed by atoms with van der Waals surface area (Å²) in [5.74, 6) is 1.89. The predicted molar refractivity (Wildman–Crippen MR) is 106 cm³/mol. The van der Waals surface area contributed by atoms with Crippen molar-refractivity contribution in [2.75, 3.05) is 51.3 Å². The molecule has 3 aliphatic heterocycles. The Morgan fingerprint density at radius 3 is 2.59 bits per heavy atom. The average molecular weight is 373 g/mol. The predicted octanol–water partition coefficient (Wildman–Crippen LogP) is 2.74. The summed E-state index contributed by atoms with van der Waals surface area (Å²) in [4.78, 5) is 17.2. The Morgan fingerprint density at radius 1 is 1.00 bits per heavy atom. The van der Waals surface area contributed by atoms with Crippen molar-refractivity contribution >= 4 is 11.6 Å². The molecule has 4 rings (SSSR count). The van der Waals surface area contributed by atoms with E-state index in [0.717, 1.165) is 56.2 Å². The lowest BCUT2D eigenvalue weighted by molar-refractivity contribution is -0.133. The lowest BCUT2D eigenvalue weighted by Crippen LogP contribution is -2.48. The molecule has 1 unspecified atom stereocenters. The molecule has 2 fully saturated rings. The average Bonchev–Trinajstić information content (AvgIpc) is 2.97. The topological polar surface area (TPSA) is 54.0 Å².